The number of rotatable bonds is 1. The highest BCUT2D eigenvalue weighted by Crippen LogP contribution is 2.32. The monoisotopic (exact) mass is 270 g/mol. The summed E-state index contributed by atoms with van der Waals surface area (Å²) < 4.78 is 0. The van der Waals surface area contributed by atoms with Crippen LogP contribution in [0.2, 0.25) is 0 Å². The third kappa shape index (κ3) is 2.35. The molecule has 1 aliphatic heterocycles. The number of H-pyrrole nitrogens is 1. The molecule has 4 nitrogen and oxygen atoms in total. The van der Waals surface area contributed by atoms with Gasteiger partial charge in [0, 0.05) is 17.8 Å². The molecule has 19 heavy (non-hydrogen) atoms. The van der Waals surface area contributed by atoms with Gasteiger partial charge in [-0.3, -0.25) is 5.10 Å². The molecule has 2 N–H and O–H groups in total. The number of hydrogen-bond donors (Lipinski definition) is 2. The predicted octanol–water partition coefficient (Wildman–Crippen LogP) is 0.917. The van der Waals surface area contributed by atoms with Gasteiger partial charge in [-0.15, -0.1) is 0 Å². The second-order valence-corrected chi connectivity index (χ2v) is 4.93. The molecule has 5 heteroatoms. The maximum Gasteiger partial charge on any atom is 0.208 e. The normalized spacial score (nSPS) is 14.7. The number of aromatic amines is 1. The lowest BCUT2D eigenvalue weighted by molar-refractivity contribution is -0.350. The molecule has 0 fully saturated rings. The first-order chi connectivity index (χ1) is 9.11. The minimum atomic E-state index is 0.0144. The van der Waals surface area contributed by atoms with Crippen molar-refractivity contribution in [2.24, 2.45) is 0 Å². The smallest absolute Gasteiger partial charge is 0.208 e. The highest BCUT2D eigenvalue weighted by Gasteiger charge is 2.42. The highest BCUT2D eigenvalue weighted by atomic mass is 32.1. The Hall–Kier alpha value is -2.19. The van der Waals surface area contributed by atoms with E-state index in [1.165, 1.54) is 22.4 Å². The Bertz CT molecular complexity index is 636. The molecule has 0 atom stereocenters. The highest BCUT2D eigenvalue weighted by molar-refractivity contribution is 7.64. The van der Waals surface area contributed by atoms with E-state index in [4.69, 9.17) is 5.26 Å². The molecule has 96 valence electrons. The number of thiocyanates is 1. The number of fused-ring (bicyclic) bond motifs is 1. The van der Waals surface area contributed by atoms with Crippen molar-refractivity contribution < 1.29 is 4.99 Å². The molecule has 3 rings (SSSR count). The zero-order valence-electron chi connectivity index (χ0n) is 10.8. The Kier molecular flexibility index (Phi) is 3.63. The van der Waals surface area contributed by atoms with E-state index in [0.717, 1.165) is 5.56 Å². The van der Waals surface area contributed by atoms with E-state index in [-0.39, 0.29) is 5.41 Å². The Labute approximate surface area is 117 Å². The molecule has 0 aliphatic carbocycles. The fraction of sp³-hybridized carbons (Fsp3) is 0.214. The van der Waals surface area contributed by atoms with Crippen molar-refractivity contribution >= 4 is 24.0 Å². The lowest BCUT2D eigenvalue weighted by Crippen LogP contribution is -2.66. The minimum absolute atomic E-state index is 0.0144. The number of nitrogens with one attached hydrogen (secondary N) is 2. The first kappa shape index (κ1) is 13.2. The number of benzene rings is 1. The Morgan fingerprint density at radius 3 is 2.63 bits per heavy atom. The number of para-hydroxylation sites is 1. The maximum atomic E-state index is 7.13. The predicted molar refractivity (Wildman–Crippen MR) is 75.8 cm³/mol. The summed E-state index contributed by atoms with van der Waals surface area (Å²) in [5.74, 6) is 0. The lowest BCUT2D eigenvalue weighted by Gasteiger charge is -2.15. The van der Waals surface area contributed by atoms with Crippen molar-refractivity contribution in [3.8, 4) is 5.40 Å². The fourth-order valence-electron chi connectivity index (χ4n) is 2.38. The Balaban J connectivity index is 0.000000408. The van der Waals surface area contributed by atoms with Gasteiger partial charge in [0.05, 0.1) is 17.2 Å². The van der Waals surface area contributed by atoms with Gasteiger partial charge in [-0.2, -0.15) is 5.10 Å². The van der Waals surface area contributed by atoms with Crippen molar-refractivity contribution in [3.63, 3.8) is 0 Å². The molecule has 2 heterocycles. The summed E-state index contributed by atoms with van der Waals surface area (Å²) >= 11 is 3.70. The molecule has 0 saturated carbocycles. The summed E-state index contributed by atoms with van der Waals surface area (Å²) in [5.41, 5.74) is 4.89. The van der Waals surface area contributed by atoms with Crippen LogP contribution in [0.15, 0.2) is 36.7 Å². The first-order valence-corrected chi connectivity index (χ1v) is 6.26. The lowest BCUT2D eigenvalue weighted by atomic mass is 9.80. The van der Waals surface area contributed by atoms with Gasteiger partial charge in [0.15, 0.2) is 0 Å². The van der Waals surface area contributed by atoms with E-state index in [9.17, 15) is 0 Å². The van der Waals surface area contributed by atoms with E-state index in [2.05, 4.69) is 65.9 Å². The van der Waals surface area contributed by atoms with Crippen LogP contribution in [0.5, 0.6) is 0 Å². The SMILES string of the molecule is CC1(C)C(c2cn[nH]c2)=[NH+]c2ccccc21.N#C[S-]. The van der Waals surface area contributed by atoms with E-state index >= 15 is 0 Å². The molecule has 1 aromatic carbocycles. The second kappa shape index (κ2) is 5.21. The molecule has 0 spiro atoms. The number of hydrogen-bond acceptors (Lipinski definition) is 3. The van der Waals surface area contributed by atoms with Crippen molar-refractivity contribution in [2.75, 3.05) is 0 Å². The largest absolute Gasteiger partial charge is 0.696 e. The maximum absolute atomic E-state index is 7.13. The molecule has 1 aromatic heterocycles. The van der Waals surface area contributed by atoms with Crippen molar-refractivity contribution in [3.05, 3.63) is 47.8 Å². The summed E-state index contributed by atoms with van der Waals surface area (Å²) in [5, 5.41) is 15.3. The molecule has 0 unspecified atom stereocenters. The zero-order valence-corrected chi connectivity index (χ0v) is 11.6. The van der Waals surface area contributed by atoms with Crippen molar-refractivity contribution in [1.82, 2.24) is 10.2 Å². The van der Waals surface area contributed by atoms with Gasteiger partial charge < -0.3 is 12.6 Å². The fourth-order valence-corrected chi connectivity index (χ4v) is 2.38. The average Bonchev–Trinajstić information content (AvgIpc) is 2.97. The average molecular weight is 270 g/mol. The molecule has 0 saturated heterocycles. The van der Waals surface area contributed by atoms with Crippen LogP contribution < -0.4 is 4.99 Å². The Morgan fingerprint density at radius 1 is 1.37 bits per heavy atom. The summed E-state index contributed by atoms with van der Waals surface area (Å²) in [4.78, 5) is 3.48. The molecular formula is C14H14N4S. The molecular weight excluding hydrogens is 256 g/mol. The molecule has 1 aliphatic rings. The quantitative estimate of drug-likeness (QED) is 0.598. The summed E-state index contributed by atoms with van der Waals surface area (Å²) in [6.45, 7) is 4.46. The van der Waals surface area contributed by atoms with Gasteiger partial charge in [-0.1, -0.05) is 23.6 Å². The van der Waals surface area contributed by atoms with Gasteiger partial charge in [-0.25, -0.2) is 10.3 Å². The van der Waals surface area contributed by atoms with Crippen LogP contribution >= 0.6 is 0 Å². The van der Waals surface area contributed by atoms with Gasteiger partial charge >= 0.3 is 0 Å². The summed E-state index contributed by atoms with van der Waals surface area (Å²) in [7, 11) is 0. The standard InChI is InChI=1S/C13H13N3.CHNS/c1-13(2)10-5-3-4-6-11(10)16-12(13)9-7-14-15-8-9;2-1-3/h3-8H,1-2H3,(H,14,15);3H. The van der Waals surface area contributed by atoms with Crippen LogP contribution in [0.25, 0.3) is 0 Å². The van der Waals surface area contributed by atoms with Gasteiger partial charge in [-0.05, 0) is 13.8 Å². The summed E-state index contributed by atoms with van der Waals surface area (Å²) in [6.07, 6.45) is 3.78. The van der Waals surface area contributed by atoms with Gasteiger partial charge in [0.25, 0.3) is 0 Å². The van der Waals surface area contributed by atoms with Gasteiger partial charge in [0.2, 0.25) is 11.4 Å². The molecule has 0 bridgehead atoms. The summed E-state index contributed by atoms with van der Waals surface area (Å²) in [6, 6.07) is 8.43. The van der Waals surface area contributed by atoms with E-state index in [0.29, 0.717) is 0 Å². The van der Waals surface area contributed by atoms with Crippen LogP contribution in [0.1, 0.15) is 25.0 Å². The van der Waals surface area contributed by atoms with Crippen LogP contribution in [0.4, 0.5) is 5.69 Å². The third-order valence-corrected chi connectivity index (χ3v) is 3.27. The van der Waals surface area contributed by atoms with Gasteiger partial charge in [0.1, 0.15) is 0 Å². The second-order valence-electron chi connectivity index (χ2n) is 4.75. The molecule has 0 amide bonds. The number of nitrogens with zero attached hydrogens (tertiary/aromatic N) is 2. The van der Waals surface area contributed by atoms with E-state index in [1.807, 2.05) is 12.4 Å². The van der Waals surface area contributed by atoms with Crippen LogP contribution in [-0.2, 0) is 18.0 Å². The van der Waals surface area contributed by atoms with Crippen LogP contribution in [0.3, 0.4) is 0 Å². The van der Waals surface area contributed by atoms with Crippen molar-refractivity contribution in [2.45, 2.75) is 19.3 Å². The number of aromatic nitrogens is 2. The van der Waals surface area contributed by atoms with Crippen LogP contribution in [-0.4, -0.2) is 15.9 Å². The number of nitriles is 1. The van der Waals surface area contributed by atoms with Crippen molar-refractivity contribution in [1.29, 1.82) is 5.26 Å². The third-order valence-electron chi connectivity index (χ3n) is 3.27. The zero-order chi connectivity index (χ0) is 13.9. The van der Waals surface area contributed by atoms with Crippen LogP contribution in [0, 0.1) is 10.7 Å². The first-order valence-electron chi connectivity index (χ1n) is 5.85. The Morgan fingerprint density at radius 2 is 2.05 bits per heavy atom. The van der Waals surface area contributed by atoms with E-state index < -0.39 is 0 Å². The topological polar surface area (TPSA) is 66.4 Å². The minimum Gasteiger partial charge on any atom is -0.696 e. The molecule has 2 aromatic rings. The van der Waals surface area contributed by atoms with E-state index in [1.54, 1.807) is 0 Å². The molecule has 0 radical (unpaired) electrons.